The van der Waals surface area contributed by atoms with Crippen molar-refractivity contribution in [3.8, 4) is 0 Å². The smallest absolute Gasteiger partial charge is 0.268 e. The molecule has 1 aromatic carbocycles. The standard InChI is InChI=1S/C14H13BrN2O2S2/c15-11-2-1-3-12(8-11)21(18,19)17-9-10(4-6-16)13-5-7-20-14(13)17/h1-3,5,7-9H,4,6,16H2. The Morgan fingerprint density at radius 1 is 1.29 bits per heavy atom. The first-order chi connectivity index (χ1) is 10.0. The summed E-state index contributed by atoms with van der Waals surface area (Å²) in [5.41, 5.74) is 6.57. The van der Waals surface area contributed by atoms with Crippen molar-refractivity contribution in [3.63, 3.8) is 0 Å². The van der Waals surface area contributed by atoms with E-state index in [9.17, 15) is 8.42 Å². The Bertz CT molecular complexity index is 897. The van der Waals surface area contributed by atoms with Gasteiger partial charge in [0.15, 0.2) is 0 Å². The lowest BCUT2D eigenvalue weighted by molar-refractivity contribution is 0.589. The van der Waals surface area contributed by atoms with Gasteiger partial charge in [-0.2, -0.15) is 0 Å². The van der Waals surface area contributed by atoms with E-state index in [1.165, 1.54) is 15.3 Å². The van der Waals surface area contributed by atoms with E-state index in [-0.39, 0.29) is 4.90 Å². The highest BCUT2D eigenvalue weighted by atomic mass is 79.9. The van der Waals surface area contributed by atoms with Crippen LogP contribution in [0.25, 0.3) is 10.2 Å². The average molecular weight is 385 g/mol. The Kier molecular flexibility index (Phi) is 3.92. The van der Waals surface area contributed by atoms with Crippen molar-refractivity contribution < 1.29 is 8.42 Å². The largest absolute Gasteiger partial charge is 0.330 e. The monoisotopic (exact) mass is 384 g/mol. The van der Waals surface area contributed by atoms with Gasteiger partial charge in [-0.25, -0.2) is 12.4 Å². The summed E-state index contributed by atoms with van der Waals surface area (Å²) in [6.07, 6.45) is 2.35. The SMILES string of the molecule is NCCc1cn(S(=O)(=O)c2cccc(Br)c2)c2sccc12. The number of hydrogen-bond acceptors (Lipinski definition) is 4. The van der Waals surface area contributed by atoms with E-state index < -0.39 is 10.0 Å². The number of rotatable bonds is 4. The second kappa shape index (κ2) is 5.57. The molecule has 3 rings (SSSR count). The van der Waals surface area contributed by atoms with Crippen LogP contribution in [0.1, 0.15) is 5.56 Å². The molecule has 2 N–H and O–H groups in total. The molecule has 2 heterocycles. The third-order valence-corrected chi connectivity index (χ3v) is 6.41. The molecule has 0 aliphatic carbocycles. The number of fused-ring (bicyclic) bond motifs is 1. The summed E-state index contributed by atoms with van der Waals surface area (Å²) in [6, 6.07) is 8.67. The normalized spacial score (nSPS) is 12.1. The summed E-state index contributed by atoms with van der Waals surface area (Å²) >= 11 is 4.73. The molecule has 0 saturated carbocycles. The van der Waals surface area contributed by atoms with Gasteiger partial charge in [-0.3, -0.25) is 0 Å². The lowest BCUT2D eigenvalue weighted by Crippen LogP contribution is -2.11. The first-order valence-electron chi connectivity index (χ1n) is 6.32. The van der Waals surface area contributed by atoms with Crippen molar-refractivity contribution >= 4 is 47.5 Å². The van der Waals surface area contributed by atoms with Crippen molar-refractivity contribution in [3.05, 3.63) is 51.9 Å². The fourth-order valence-electron chi connectivity index (χ4n) is 2.26. The fraction of sp³-hybridized carbons (Fsp3) is 0.143. The van der Waals surface area contributed by atoms with Crippen molar-refractivity contribution in [2.24, 2.45) is 5.73 Å². The van der Waals surface area contributed by atoms with Gasteiger partial charge in [-0.1, -0.05) is 22.0 Å². The zero-order valence-corrected chi connectivity index (χ0v) is 14.2. The maximum atomic E-state index is 12.8. The van der Waals surface area contributed by atoms with Gasteiger partial charge in [0, 0.05) is 16.1 Å². The number of halogens is 1. The van der Waals surface area contributed by atoms with Crippen LogP contribution in [0.3, 0.4) is 0 Å². The molecule has 21 heavy (non-hydrogen) atoms. The minimum absolute atomic E-state index is 0.265. The summed E-state index contributed by atoms with van der Waals surface area (Å²) in [4.78, 5) is 1.000. The summed E-state index contributed by atoms with van der Waals surface area (Å²) in [5.74, 6) is 0. The summed E-state index contributed by atoms with van der Waals surface area (Å²) in [6.45, 7) is 0.492. The maximum Gasteiger partial charge on any atom is 0.268 e. The molecule has 0 radical (unpaired) electrons. The van der Waals surface area contributed by atoms with E-state index in [1.807, 2.05) is 11.4 Å². The average Bonchev–Trinajstić information content (AvgIpc) is 3.03. The molecule has 0 aliphatic rings. The van der Waals surface area contributed by atoms with Gasteiger partial charge >= 0.3 is 0 Å². The quantitative estimate of drug-likeness (QED) is 0.750. The second-order valence-corrected chi connectivity index (χ2v) is 8.22. The minimum Gasteiger partial charge on any atom is -0.330 e. The topological polar surface area (TPSA) is 65.1 Å². The van der Waals surface area contributed by atoms with Crippen LogP contribution in [0.2, 0.25) is 0 Å². The number of nitrogens with zero attached hydrogens (tertiary/aromatic N) is 1. The third kappa shape index (κ3) is 2.55. The van der Waals surface area contributed by atoms with Crippen LogP contribution >= 0.6 is 27.3 Å². The molecule has 0 unspecified atom stereocenters. The van der Waals surface area contributed by atoms with Crippen LogP contribution < -0.4 is 5.73 Å². The number of aromatic nitrogens is 1. The van der Waals surface area contributed by atoms with Gasteiger partial charge in [0.05, 0.1) is 4.90 Å². The van der Waals surface area contributed by atoms with Crippen LogP contribution in [0.15, 0.2) is 51.3 Å². The van der Waals surface area contributed by atoms with Gasteiger partial charge in [0.25, 0.3) is 10.0 Å². The highest BCUT2D eigenvalue weighted by Crippen LogP contribution is 2.30. The zero-order valence-electron chi connectivity index (χ0n) is 11.0. The fourth-order valence-corrected chi connectivity index (χ4v) is 5.39. The number of nitrogens with two attached hydrogens (primary N) is 1. The number of benzene rings is 1. The highest BCUT2D eigenvalue weighted by Gasteiger charge is 2.22. The molecule has 0 fully saturated rings. The van der Waals surface area contributed by atoms with Crippen LogP contribution in [0.4, 0.5) is 0 Å². The molecule has 4 nitrogen and oxygen atoms in total. The van der Waals surface area contributed by atoms with Gasteiger partial charge in [-0.05, 0) is 48.2 Å². The summed E-state index contributed by atoms with van der Waals surface area (Å²) in [7, 11) is -3.60. The van der Waals surface area contributed by atoms with Crippen molar-refractivity contribution in [1.82, 2.24) is 3.97 Å². The van der Waals surface area contributed by atoms with Crippen LogP contribution in [-0.4, -0.2) is 18.9 Å². The highest BCUT2D eigenvalue weighted by molar-refractivity contribution is 9.10. The molecule has 0 amide bonds. The molecular weight excluding hydrogens is 372 g/mol. The summed E-state index contributed by atoms with van der Waals surface area (Å²) in [5, 5.41) is 2.86. The second-order valence-electron chi connectivity index (χ2n) is 4.59. The molecule has 0 bridgehead atoms. The van der Waals surface area contributed by atoms with E-state index in [1.54, 1.807) is 30.5 Å². The lowest BCUT2D eigenvalue weighted by atomic mass is 10.2. The Labute approximate surface area is 135 Å². The summed E-state index contributed by atoms with van der Waals surface area (Å²) < 4.78 is 27.8. The van der Waals surface area contributed by atoms with E-state index in [2.05, 4.69) is 15.9 Å². The Morgan fingerprint density at radius 2 is 2.10 bits per heavy atom. The number of thiophene rings is 1. The predicted molar refractivity (Wildman–Crippen MR) is 89.3 cm³/mol. The zero-order chi connectivity index (χ0) is 15.0. The van der Waals surface area contributed by atoms with E-state index in [4.69, 9.17) is 5.73 Å². The van der Waals surface area contributed by atoms with Gasteiger partial charge < -0.3 is 5.73 Å². The van der Waals surface area contributed by atoms with Crippen LogP contribution in [0, 0.1) is 0 Å². The Balaban J connectivity index is 2.22. The molecule has 0 atom stereocenters. The molecule has 0 spiro atoms. The van der Waals surface area contributed by atoms with Crippen molar-refractivity contribution in [1.29, 1.82) is 0 Å². The third-order valence-electron chi connectivity index (χ3n) is 3.23. The van der Waals surface area contributed by atoms with E-state index >= 15 is 0 Å². The van der Waals surface area contributed by atoms with E-state index in [0.29, 0.717) is 13.0 Å². The molecule has 7 heteroatoms. The van der Waals surface area contributed by atoms with Gasteiger partial charge in [-0.15, -0.1) is 11.3 Å². The minimum atomic E-state index is -3.60. The molecule has 110 valence electrons. The van der Waals surface area contributed by atoms with Crippen LogP contribution in [-0.2, 0) is 16.4 Å². The maximum absolute atomic E-state index is 12.8. The lowest BCUT2D eigenvalue weighted by Gasteiger charge is -2.06. The predicted octanol–water partition coefficient (Wildman–Crippen LogP) is 3.20. The van der Waals surface area contributed by atoms with Crippen LogP contribution in [0.5, 0.6) is 0 Å². The van der Waals surface area contributed by atoms with Gasteiger partial charge in [0.2, 0.25) is 0 Å². The van der Waals surface area contributed by atoms with Gasteiger partial charge in [0.1, 0.15) is 4.83 Å². The first kappa shape index (κ1) is 14.8. The molecule has 3 aromatic rings. The van der Waals surface area contributed by atoms with Crippen molar-refractivity contribution in [2.75, 3.05) is 6.54 Å². The molecule has 0 saturated heterocycles. The Morgan fingerprint density at radius 3 is 2.81 bits per heavy atom. The van der Waals surface area contributed by atoms with Crippen molar-refractivity contribution in [2.45, 2.75) is 11.3 Å². The number of hydrogen-bond donors (Lipinski definition) is 1. The Hall–Kier alpha value is -1.15. The molecular formula is C14H13BrN2O2S2. The van der Waals surface area contributed by atoms with E-state index in [0.717, 1.165) is 20.3 Å². The molecule has 2 aromatic heterocycles. The first-order valence-corrected chi connectivity index (χ1v) is 9.44. The molecule has 0 aliphatic heterocycles.